The molecule has 0 radical (unpaired) electrons. The summed E-state index contributed by atoms with van der Waals surface area (Å²) in [6, 6.07) is 1.91. The van der Waals surface area contributed by atoms with Crippen LogP contribution in [0.2, 0.25) is 0 Å². The Morgan fingerprint density at radius 2 is 1.95 bits per heavy atom. The second-order valence-electron chi connectivity index (χ2n) is 6.07. The number of alkyl halides is 3. The van der Waals surface area contributed by atoms with Crippen molar-refractivity contribution in [3.05, 3.63) is 34.9 Å². The highest BCUT2D eigenvalue weighted by Gasteiger charge is 2.56. The minimum Gasteiger partial charge on any atom is -0.481 e. The lowest BCUT2D eigenvalue weighted by Crippen LogP contribution is -2.42. The van der Waals surface area contributed by atoms with E-state index in [1.54, 1.807) is 0 Å². The van der Waals surface area contributed by atoms with Crippen LogP contribution in [0.5, 0.6) is 0 Å². The van der Waals surface area contributed by atoms with E-state index in [9.17, 15) is 27.9 Å². The van der Waals surface area contributed by atoms with E-state index in [1.165, 1.54) is 6.92 Å². The van der Waals surface area contributed by atoms with Gasteiger partial charge in [-0.1, -0.05) is 0 Å². The van der Waals surface area contributed by atoms with Crippen molar-refractivity contribution in [3.63, 3.8) is 0 Å². The molecule has 1 fully saturated rings. The highest BCUT2D eigenvalue weighted by molar-refractivity contribution is 6.00. The topological polar surface area (TPSA) is 66.4 Å². The SMILES string of the molecule is CC(C(=O)O)(C1CC1)C1NC(=O)c2ccc(C(F)(F)F)cc21. The predicted molar refractivity (Wildman–Crippen MR) is 70.1 cm³/mol. The Balaban J connectivity index is 2.11. The Kier molecular flexibility index (Phi) is 3.02. The first-order valence-electron chi connectivity index (χ1n) is 6.91. The number of aliphatic carboxylic acids is 1. The number of carboxylic acids is 1. The van der Waals surface area contributed by atoms with E-state index in [2.05, 4.69) is 5.32 Å². The maximum Gasteiger partial charge on any atom is 0.416 e. The molecule has 0 bridgehead atoms. The van der Waals surface area contributed by atoms with Crippen LogP contribution in [0.25, 0.3) is 0 Å². The lowest BCUT2D eigenvalue weighted by molar-refractivity contribution is -0.151. The van der Waals surface area contributed by atoms with Gasteiger partial charge in [-0.3, -0.25) is 9.59 Å². The number of hydrogen-bond donors (Lipinski definition) is 2. The van der Waals surface area contributed by atoms with Gasteiger partial charge in [0.15, 0.2) is 0 Å². The average molecular weight is 313 g/mol. The van der Waals surface area contributed by atoms with Gasteiger partial charge < -0.3 is 10.4 Å². The zero-order valence-electron chi connectivity index (χ0n) is 11.7. The maximum atomic E-state index is 12.9. The molecule has 1 saturated carbocycles. The molecule has 1 aromatic carbocycles. The Labute approximate surface area is 124 Å². The second kappa shape index (κ2) is 4.47. The molecule has 118 valence electrons. The summed E-state index contributed by atoms with van der Waals surface area (Å²) in [6.45, 7) is 1.49. The molecule has 2 N–H and O–H groups in total. The van der Waals surface area contributed by atoms with Crippen molar-refractivity contribution in [2.75, 3.05) is 0 Å². The van der Waals surface area contributed by atoms with Gasteiger partial charge in [0.2, 0.25) is 0 Å². The fourth-order valence-corrected chi connectivity index (χ4v) is 3.16. The van der Waals surface area contributed by atoms with Crippen molar-refractivity contribution in [2.24, 2.45) is 11.3 Å². The molecule has 3 rings (SSSR count). The summed E-state index contributed by atoms with van der Waals surface area (Å²) in [7, 11) is 0. The monoisotopic (exact) mass is 313 g/mol. The van der Waals surface area contributed by atoms with Crippen LogP contribution in [0.3, 0.4) is 0 Å². The van der Waals surface area contributed by atoms with Crippen molar-refractivity contribution in [2.45, 2.75) is 32.0 Å². The van der Waals surface area contributed by atoms with Gasteiger partial charge in [0, 0.05) is 5.56 Å². The molecular formula is C15H14F3NO3. The number of benzene rings is 1. The van der Waals surface area contributed by atoms with Crippen molar-refractivity contribution in [1.82, 2.24) is 5.32 Å². The number of fused-ring (bicyclic) bond motifs is 1. The number of carbonyl (C=O) groups excluding carboxylic acids is 1. The van der Waals surface area contributed by atoms with Crippen LogP contribution < -0.4 is 5.32 Å². The van der Waals surface area contributed by atoms with E-state index in [1.807, 2.05) is 0 Å². The number of nitrogens with one attached hydrogen (secondary N) is 1. The van der Waals surface area contributed by atoms with E-state index in [4.69, 9.17) is 0 Å². The number of hydrogen-bond acceptors (Lipinski definition) is 2. The van der Waals surface area contributed by atoms with Crippen molar-refractivity contribution < 1.29 is 27.9 Å². The van der Waals surface area contributed by atoms with E-state index < -0.39 is 35.1 Å². The number of amides is 1. The minimum atomic E-state index is -4.54. The summed E-state index contributed by atoms with van der Waals surface area (Å²) in [5.74, 6) is -1.77. The molecule has 2 atom stereocenters. The molecule has 4 nitrogen and oxygen atoms in total. The van der Waals surface area contributed by atoms with Gasteiger partial charge in [-0.2, -0.15) is 13.2 Å². The van der Waals surface area contributed by atoms with Crippen LogP contribution in [0.4, 0.5) is 13.2 Å². The molecule has 0 aromatic heterocycles. The van der Waals surface area contributed by atoms with E-state index >= 15 is 0 Å². The fraction of sp³-hybridized carbons (Fsp3) is 0.467. The van der Waals surface area contributed by atoms with Gasteiger partial charge >= 0.3 is 12.1 Å². The maximum absolute atomic E-state index is 12.9. The van der Waals surface area contributed by atoms with Gasteiger partial charge in [-0.25, -0.2) is 0 Å². The summed E-state index contributed by atoms with van der Waals surface area (Å²) >= 11 is 0. The van der Waals surface area contributed by atoms with E-state index in [0.717, 1.165) is 18.2 Å². The summed E-state index contributed by atoms with van der Waals surface area (Å²) in [6.07, 6.45) is -3.14. The second-order valence-corrected chi connectivity index (χ2v) is 6.07. The minimum absolute atomic E-state index is 0.117. The van der Waals surface area contributed by atoms with Gasteiger partial charge in [0.25, 0.3) is 5.91 Å². The molecule has 2 aliphatic rings. The van der Waals surface area contributed by atoms with Crippen molar-refractivity contribution in [3.8, 4) is 0 Å². The first-order chi connectivity index (χ1) is 10.2. The van der Waals surface area contributed by atoms with Crippen LogP contribution in [-0.4, -0.2) is 17.0 Å². The summed E-state index contributed by atoms with van der Waals surface area (Å²) in [4.78, 5) is 23.7. The largest absolute Gasteiger partial charge is 0.481 e. The third-order valence-electron chi connectivity index (χ3n) is 4.70. The van der Waals surface area contributed by atoms with Gasteiger partial charge in [-0.15, -0.1) is 0 Å². The molecular weight excluding hydrogens is 299 g/mol. The normalized spacial score (nSPS) is 23.6. The van der Waals surface area contributed by atoms with Crippen molar-refractivity contribution >= 4 is 11.9 Å². The lowest BCUT2D eigenvalue weighted by Gasteiger charge is -2.32. The zero-order chi connectivity index (χ0) is 16.3. The number of carbonyl (C=O) groups is 2. The smallest absolute Gasteiger partial charge is 0.416 e. The fourth-order valence-electron chi connectivity index (χ4n) is 3.16. The quantitative estimate of drug-likeness (QED) is 0.901. The van der Waals surface area contributed by atoms with Gasteiger partial charge in [0.1, 0.15) is 0 Å². The molecule has 0 spiro atoms. The Morgan fingerprint density at radius 3 is 2.45 bits per heavy atom. The molecule has 1 aliphatic carbocycles. The van der Waals surface area contributed by atoms with Crippen LogP contribution in [0, 0.1) is 11.3 Å². The summed E-state index contributed by atoms with van der Waals surface area (Å²) < 4.78 is 38.7. The number of rotatable bonds is 3. The Hall–Kier alpha value is -2.05. The summed E-state index contributed by atoms with van der Waals surface area (Å²) in [5, 5.41) is 12.1. The van der Waals surface area contributed by atoms with Gasteiger partial charge in [0.05, 0.1) is 17.0 Å². The van der Waals surface area contributed by atoms with Crippen LogP contribution in [0.1, 0.15) is 47.3 Å². The third kappa shape index (κ3) is 2.07. The number of halogens is 3. The molecule has 1 heterocycles. The zero-order valence-corrected chi connectivity index (χ0v) is 11.7. The molecule has 7 heteroatoms. The first-order valence-corrected chi connectivity index (χ1v) is 6.91. The average Bonchev–Trinajstić information content (AvgIpc) is 3.22. The molecule has 1 amide bonds. The Bertz CT molecular complexity index is 666. The highest BCUT2D eigenvalue weighted by Crippen LogP contribution is 2.54. The highest BCUT2D eigenvalue weighted by atomic mass is 19.4. The molecule has 2 unspecified atom stereocenters. The molecule has 1 aromatic rings. The van der Waals surface area contributed by atoms with Crippen LogP contribution in [-0.2, 0) is 11.0 Å². The molecule has 0 saturated heterocycles. The third-order valence-corrected chi connectivity index (χ3v) is 4.70. The Morgan fingerprint density at radius 1 is 1.32 bits per heavy atom. The molecule has 1 aliphatic heterocycles. The van der Waals surface area contributed by atoms with Gasteiger partial charge in [-0.05, 0) is 49.4 Å². The predicted octanol–water partition coefficient (Wildman–Crippen LogP) is 2.99. The van der Waals surface area contributed by atoms with E-state index in [0.29, 0.717) is 12.8 Å². The van der Waals surface area contributed by atoms with E-state index in [-0.39, 0.29) is 17.0 Å². The van der Waals surface area contributed by atoms with Crippen molar-refractivity contribution in [1.29, 1.82) is 0 Å². The lowest BCUT2D eigenvalue weighted by atomic mass is 9.75. The first kappa shape index (κ1) is 14.9. The number of carboxylic acid groups (broad SMARTS) is 1. The van der Waals surface area contributed by atoms with Crippen LogP contribution in [0.15, 0.2) is 18.2 Å². The standard InChI is InChI=1S/C15H14F3NO3/c1-14(13(21)22,7-2-3-7)11-10-6-8(15(16,17)18)4-5-9(10)12(20)19-11/h4-7,11H,2-3H2,1H3,(H,19,20)(H,21,22). The molecule has 22 heavy (non-hydrogen) atoms. The van der Waals surface area contributed by atoms with Crippen LogP contribution >= 0.6 is 0 Å². The summed E-state index contributed by atoms with van der Waals surface area (Å²) in [5.41, 5.74) is -1.94.